The van der Waals surface area contributed by atoms with Gasteiger partial charge in [-0.3, -0.25) is 25.8 Å². The number of halogens is 2. The number of hydrogen-bond donors (Lipinski definition) is 0. The molecule has 0 aliphatic carbocycles. The van der Waals surface area contributed by atoms with Crippen LogP contribution in [0.4, 0.5) is 0 Å². The van der Waals surface area contributed by atoms with Gasteiger partial charge in [-0.15, -0.1) is 0 Å². The third kappa shape index (κ3) is 110. The highest BCUT2D eigenvalue weighted by molar-refractivity contribution is 9.47. The maximum absolute atomic E-state index is 9.44. The Hall–Kier alpha value is 1.40. The van der Waals surface area contributed by atoms with Gasteiger partial charge >= 0.3 is 16.0 Å². The predicted molar refractivity (Wildman–Crippen MR) is 40.0 cm³/mol. The number of Topliss-reactive ketones (excluding diaryl/α,β-unsaturated/α-hetero) is 1. The van der Waals surface area contributed by atoms with Crippen molar-refractivity contribution >= 4 is 47.6 Å². The summed E-state index contributed by atoms with van der Waals surface area (Å²) in [5, 5.41) is 0. The molecule has 0 fully saturated rings. The van der Waals surface area contributed by atoms with Crippen molar-refractivity contribution in [2.45, 2.75) is 13.8 Å². The maximum atomic E-state index is 9.44. The molecule has 0 heterocycles. The average Bonchev–Trinajstić information content (AvgIpc) is 1.33. The van der Waals surface area contributed by atoms with Gasteiger partial charge in [-0.05, 0) is 13.8 Å². The second-order valence-electron chi connectivity index (χ2n) is 1.01. The van der Waals surface area contributed by atoms with E-state index in [9.17, 15) is 4.79 Å². The van der Waals surface area contributed by atoms with Crippen molar-refractivity contribution in [2.24, 2.45) is 0 Å². The van der Waals surface area contributed by atoms with E-state index in [1.807, 2.05) is 0 Å². The molecule has 0 aromatic heterocycles. The quantitative estimate of drug-likeness (QED) is 0.593. The van der Waals surface area contributed by atoms with Gasteiger partial charge in [0.15, 0.2) is 0 Å². The number of hydrogen-bond acceptors (Lipinski definition) is 1. The Morgan fingerprint density at radius 3 is 1.43 bits per heavy atom. The van der Waals surface area contributed by atoms with E-state index in [0.717, 1.165) is 0 Å². The highest BCUT2D eigenvalue weighted by Gasteiger charge is 1.62. The lowest BCUT2D eigenvalue weighted by Gasteiger charge is -1.56. The smallest absolute Gasteiger partial charge is 0.300 e. The average molecular weight is 242 g/mol. The second kappa shape index (κ2) is 10.4. The van der Waals surface area contributed by atoms with Crippen LogP contribution in [0.3, 0.4) is 0 Å². The summed E-state index contributed by atoms with van der Waals surface area (Å²) in [4.78, 5) is 9.44. The lowest BCUT2D eigenvalue weighted by molar-refractivity contribution is -0.114. The van der Waals surface area contributed by atoms with E-state index in [0.29, 0.717) is 0 Å². The van der Waals surface area contributed by atoms with Crippen molar-refractivity contribution in [1.29, 1.82) is 0 Å². The Morgan fingerprint density at radius 2 is 1.43 bits per heavy atom. The molecule has 0 atom stereocenters. The monoisotopic (exact) mass is 240 g/mol. The van der Waals surface area contributed by atoms with E-state index in [-0.39, 0.29) is 21.8 Å². The van der Waals surface area contributed by atoms with Gasteiger partial charge < -0.3 is 4.79 Å². The number of rotatable bonds is 0. The van der Waals surface area contributed by atoms with Crippen molar-refractivity contribution in [1.82, 2.24) is 0 Å². The first-order valence-corrected chi connectivity index (χ1v) is 9.54. The summed E-state index contributed by atoms with van der Waals surface area (Å²) in [7, 11) is 0. The topological polar surface area (TPSA) is 17.1 Å². The molecule has 4 heteroatoms. The second-order valence-corrected chi connectivity index (χ2v) is 9.09. The normalized spacial score (nSPS) is 5.14. The molecule has 0 aromatic rings. The lowest BCUT2D eigenvalue weighted by atomic mass is 10.6. The summed E-state index contributed by atoms with van der Waals surface area (Å²) < 4.78 is 0. The first-order chi connectivity index (χ1) is 3.15. The van der Waals surface area contributed by atoms with E-state index in [4.69, 9.17) is 0 Å². The van der Waals surface area contributed by atoms with Crippen LogP contribution in [0.25, 0.3) is 0 Å². The van der Waals surface area contributed by atoms with Gasteiger partial charge in [0.25, 0.3) is 0 Å². The van der Waals surface area contributed by atoms with Gasteiger partial charge in [-0.2, -0.15) is 0 Å². The van der Waals surface area contributed by atoms with Gasteiger partial charge in [0, 0.05) is 0 Å². The minimum absolute atomic E-state index is 0.0417. The summed E-state index contributed by atoms with van der Waals surface area (Å²) in [5.41, 5.74) is 0. The first-order valence-electron chi connectivity index (χ1n) is 1.74. The fourth-order valence-corrected chi connectivity index (χ4v) is 0. The molecule has 0 aliphatic heterocycles. The van der Waals surface area contributed by atoms with Crippen LogP contribution < -0.4 is 0 Å². The summed E-state index contributed by atoms with van der Waals surface area (Å²) in [5.74, 6) is 0.167. The van der Waals surface area contributed by atoms with Gasteiger partial charge in [0.2, 0.25) is 0 Å². The predicted octanol–water partition coefficient (Wildman–Crippen LogP) is 1.91. The molecule has 0 aromatic carbocycles. The van der Waals surface area contributed by atoms with Crippen LogP contribution in [0.2, 0.25) is 0 Å². The van der Waals surface area contributed by atoms with Gasteiger partial charge in [-0.1, -0.05) is 0 Å². The molecule has 0 amide bonds. The van der Waals surface area contributed by atoms with Crippen LogP contribution in [-0.4, -0.2) is 21.8 Å². The molecule has 40 valence electrons. The van der Waals surface area contributed by atoms with Crippen molar-refractivity contribution in [2.75, 3.05) is 0 Å². The third-order valence-electron chi connectivity index (χ3n) is 0. The van der Waals surface area contributed by atoms with Gasteiger partial charge in [0.1, 0.15) is 5.78 Å². The van der Waals surface area contributed by atoms with Crippen LogP contribution >= 0.6 is 25.8 Å². The number of carbonyl (C=O) groups is 1. The molecular formula is C3H6Br2MgO. The zero-order valence-corrected chi connectivity index (χ0v) is 8.96. The maximum Gasteiger partial charge on any atom is 0.560 e. The van der Waals surface area contributed by atoms with Crippen LogP contribution in [0, 0.1) is 0 Å². The Labute approximate surface area is 65.7 Å². The van der Waals surface area contributed by atoms with E-state index in [1.54, 1.807) is 0 Å². The number of ketones is 1. The minimum atomic E-state index is 0.0417. The fourth-order valence-electron chi connectivity index (χ4n) is 0. The Kier molecular flexibility index (Phi) is 16.7. The molecule has 0 radical (unpaired) electrons. The molecule has 7 heavy (non-hydrogen) atoms. The zero-order chi connectivity index (χ0) is 6.28. The summed E-state index contributed by atoms with van der Waals surface area (Å²) in [6.07, 6.45) is 0. The molecule has 0 aliphatic rings. The SMILES string of the molecule is CC(C)=O.[Br][Mg][Br]. The summed E-state index contributed by atoms with van der Waals surface area (Å²) in [6.45, 7) is 3.06. The van der Waals surface area contributed by atoms with Crippen LogP contribution in [0.15, 0.2) is 0 Å². The van der Waals surface area contributed by atoms with E-state index in [2.05, 4.69) is 25.8 Å². The lowest BCUT2D eigenvalue weighted by Crippen LogP contribution is -1.69. The van der Waals surface area contributed by atoms with E-state index in [1.165, 1.54) is 13.8 Å². The van der Waals surface area contributed by atoms with Crippen molar-refractivity contribution < 1.29 is 4.79 Å². The van der Waals surface area contributed by atoms with E-state index >= 15 is 0 Å². The summed E-state index contributed by atoms with van der Waals surface area (Å²) >= 11 is 6.44. The fraction of sp³-hybridized carbons (Fsp3) is 0.667. The highest BCUT2D eigenvalue weighted by Crippen LogP contribution is 1.77. The molecule has 0 N–H and O–H groups in total. The largest absolute Gasteiger partial charge is 0.560 e. The molecule has 0 spiro atoms. The Morgan fingerprint density at radius 1 is 1.43 bits per heavy atom. The Balaban J connectivity index is 0. The van der Waals surface area contributed by atoms with Crippen LogP contribution in [0.1, 0.15) is 13.8 Å². The van der Waals surface area contributed by atoms with Crippen molar-refractivity contribution in [3.05, 3.63) is 0 Å². The van der Waals surface area contributed by atoms with Gasteiger partial charge in [-0.25, -0.2) is 0 Å². The molecule has 0 saturated heterocycles. The summed E-state index contributed by atoms with van der Waals surface area (Å²) in [6, 6.07) is 0. The van der Waals surface area contributed by atoms with Crippen molar-refractivity contribution in [3.63, 3.8) is 0 Å². The van der Waals surface area contributed by atoms with Gasteiger partial charge in [0.05, 0.1) is 0 Å². The molecule has 1 nitrogen and oxygen atoms in total. The molecule has 0 unspecified atom stereocenters. The molecule has 0 bridgehead atoms. The molecular weight excluding hydrogens is 236 g/mol. The number of carbonyl (C=O) groups excluding carboxylic acids is 1. The zero-order valence-electron chi connectivity index (χ0n) is 4.37. The Bertz CT molecular complexity index is 44.2. The molecule has 0 saturated carbocycles. The minimum Gasteiger partial charge on any atom is -0.300 e. The molecule has 0 rings (SSSR count). The van der Waals surface area contributed by atoms with Crippen molar-refractivity contribution in [3.8, 4) is 0 Å². The van der Waals surface area contributed by atoms with Crippen LogP contribution in [0.5, 0.6) is 0 Å². The standard InChI is InChI=1S/C3H6O.2BrH.Mg/c1-3(2)4;;;/h1-2H3;2*1H;/q;;;+2/p-2. The first kappa shape index (κ1) is 11.2. The van der Waals surface area contributed by atoms with Crippen LogP contribution in [-0.2, 0) is 4.79 Å². The third-order valence-corrected chi connectivity index (χ3v) is 0. The highest BCUT2D eigenvalue weighted by atomic mass is 79.9. The van der Waals surface area contributed by atoms with E-state index < -0.39 is 0 Å².